The van der Waals surface area contributed by atoms with Gasteiger partial charge in [-0.2, -0.15) is 0 Å². The van der Waals surface area contributed by atoms with Crippen molar-refractivity contribution in [3.63, 3.8) is 0 Å². The summed E-state index contributed by atoms with van der Waals surface area (Å²) in [7, 11) is 0. The van der Waals surface area contributed by atoms with E-state index in [2.05, 4.69) is 59.9 Å². The Morgan fingerprint density at radius 1 is 1.33 bits per heavy atom. The molecule has 0 spiro atoms. The van der Waals surface area contributed by atoms with E-state index in [0.29, 0.717) is 6.04 Å². The molecule has 2 aromatic rings. The van der Waals surface area contributed by atoms with Crippen LogP contribution in [0.4, 0.5) is 5.95 Å². The number of nitrogens with zero attached hydrogens (tertiary/aromatic N) is 2. The Morgan fingerprint density at radius 2 is 2.11 bits per heavy atom. The maximum absolute atomic E-state index is 4.38. The van der Waals surface area contributed by atoms with Crippen LogP contribution >= 0.6 is 0 Å². The fraction of sp³-hybridized carbons (Fsp3) is 0.400. The van der Waals surface area contributed by atoms with Crippen LogP contribution in [0.25, 0.3) is 0 Å². The lowest BCUT2D eigenvalue weighted by molar-refractivity contribution is 0.639. The molecular weight excluding hydrogens is 222 g/mol. The Hall–Kier alpha value is -1.77. The van der Waals surface area contributed by atoms with Crippen LogP contribution < -0.4 is 5.32 Å². The first-order valence-corrected chi connectivity index (χ1v) is 6.56. The summed E-state index contributed by atoms with van der Waals surface area (Å²) >= 11 is 0. The molecule has 0 radical (unpaired) electrons. The average Bonchev–Trinajstić information content (AvgIpc) is 2.84. The van der Waals surface area contributed by atoms with Gasteiger partial charge in [-0.1, -0.05) is 31.2 Å². The Kier molecular flexibility index (Phi) is 4.03. The van der Waals surface area contributed by atoms with E-state index in [0.717, 1.165) is 18.9 Å². The van der Waals surface area contributed by atoms with Crippen molar-refractivity contribution in [2.24, 2.45) is 0 Å². The monoisotopic (exact) mass is 243 g/mol. The molecule has 1 N–H and O–H groups in total. The topological polar surface area (TPSA) is 29.9 Å². The molecule has 0 saturated heterocycles. The molecule has 0 aliphatic heterocycles. The fourth-order valence-electron chi connectivity index (χ4n) is 2.20. The molecular formula is C15H21N3. The van der Waals surface area contributed by atoms with Crippen molar-refractivity contribution in [3.05, 3.63) is 47.8 Å². The molecule has 1 aromatic heterocycles. The van der Waals surface area contributed by atoms with Gasteiger partial charge in [0.15, 0.2) is 0 Å². The number of nitrogens with one attached hydrogen (secondary N) is 1. The summed E-state index contributed by atoms with van der Waals surface area (Å²) in [6, 6.07) is 8.81. The Labute approximate surface area is 109 Å². The molecule has 2 rings (SSSR count). The van der Waals surface area contributed by atoms with Gasteiger partial charge in [-0.3, -0.25) is 0 Å². The highest BCUT2D eigenvalue weighted by Crippen LogP contribution is 2.24. The average molecular weight is 243 g/mol. The minimum atomic E-state index is 0.299. The summed E-state index contributed by atoms with van der Waals surface area (Å²) in [5, 5.41) is 3.36. The van der Waals surface area contributed by atoms with Gasteiger partial charge in [0.05, 0.1) is 6.04 Å². The predicted molar refractivity (Wildman–Crippen MR) is 76.0 cm³/mol. The van der Waals surface area contributed by atoms with E-state index in [-0.39, 0.29) is 0 Å². The van der Waals surface area contributed by atoms with Crippen LogP contribution in [0.5, 0.6) is 0 Å². The molecule has 1 unspecified atom stereocenters. The quantitative estimate of drug-likeness (QED) is 0.869. The molecule has 1 aromatic carbocycles. The summed E-state index contributed by atoms with van der Waals surface area (Å²) in [6.45, 7) is 7.48. The molecule has 0 saturated carbocycles. The summed E-state index contributed by atoms with van der Waals surface area (Å²) < 4.78 is 2.19. The minimum Gasteiger partial charge on any atom is -0.356 e. The van der Waals surface area contributed by atoms with Crippen molar-refractivity contribution in [3.8, 4) is 0 Å². The van der Waals surface area contributed by atoms with Crippen molar-refractivity contribution >= 4 is 5.95 Å². The van der Waals surface area contributed by atoms with Crippen LogP contribution in [0.1, 0.15) is 37.4 Å². The van der Waals surface area contributed by atoms with E-state index in [1.165, 1.54) is 11.1 Å². The van der Waals surface area contributed by atoms with Crippen LogP contribution in [0.2, 0.25) is 0 Å². The largest absolute Gasteiger partial charge is 0.356 e. The van der Waals surface area contributed by atoms with Gasteiger partial charge in [-0.25, -0.2) is 4.98 Å². The van der Waals surface area contributed by atoms with E-state index in [4.69, 9.17) is 0 Å². The maximum atomic E-state index is 4.38. The van der Waals surface area contributed by atoms with Crippen molar-refractivity contribution in [2.75, 3.05) is 11.9 Å². The first-order chi connectivity index (χ1) is 8.74. The number of imidazole rings is 1. The third-order valence-corrected chi connectivity index (χ3v) is 3.26. The van der Waals surface area contributed by atoms with Crippen molar-refractivity contribution in [2.45, 2.75) is 33.2 Å². The first kappa shape index (κ1) is 12.7. The highest BCUT2D eigenvalue weighted by Gasteiger charge is 2.13. The summed E-state index contributed by atoms with van der Waals surface area (Å²) in [4.78, 5) is 4.38. The number of hydrogen-bond acceptors (Lipinski definition) is 2. The third-order valence-electron chi connectivity index (χ3n) is 3.26. The molecule has 18 heavy (non-hydrogen) atoms. The molecule has 0 fully saturated rings. The highest BCUT2D eigenvalue weighted by molar-refractivity contribution is 5.34. The zero-order chi connectivity index (χ0) is 13.0. The molecule has 3 heteroatoms. The zero-order valence-corrected chi connectivity index (χ0v) is 11.4. The van der Waals surface area contributed by atoms with E-state index < -0.39 is 0 Å². The van der Waals surface area contributed by atoms with Gasteiger partial charge in [0.1, 0.15) is 0 Å². The Bertz CT molecular complexity index is 502. The molecule has 3 nitrogen and oxygen atoms in total. The van der Waals surface area contributed by atoms with Crippen molar-refractivity contribution < 1.29 is 0 Å². The van der Waals surface area contributed by atoms with E-state index in [1.807, 2.05) is 12.4 Å². The number of aryl methyl sites for hydroxylation is 1. The second-order valence-electron chi connectivity index (χ2n) is 4.62. The third kappa shape index (κ3) is 2.55. The molecule has 96 valence electrons. The highest BCUT2D eigenvalue weighted by atomic mass is 15.2. The Balaban J connectivity index is 2.26. The van der Waals surface area contributed by atoms with Crippen LogP contribution in [-0.4, -0.2) is 16.1 Å². The normalized spacial score (nSPS) is 12.4. The van der Waals surface area contributed by atoms with Crippen molar-refractivity contribution in [1.82, 2.24) is 9.55 Å². The number of benzene rings is 1. The lowest BCUT2D eigenvalue weighted by Gasteiger charge is -2.19. The second kappa shape index (κ2) is 5.71. The zero-order valence-electron chi connectivity index (χ0n) is 11.4. The van der Waals surface area contributed by atoms with Crippen LogP contribution in [-0.2, 0) is 0 Å². The maximum Gasteiger partial charge on any atom is 0.203 e. The van der Waals surface area contributed by atoms with Gasteiger partial charge in [-0.05, 0) is 31.4 Å². The lowest BCUT2D eigenvalue weighted by atomic mass is 10.0. The minimum absolute atomic E-state index is 0.299. The standard InChI is InChI=1S/C15H21N3/c1-4-9-16-15-17-10-11-18(15)13(3)14-8-6-5-7-12(14)2/h5-8,10-11,13H,4,9H2,1-3H3,(H,16,17). The van der Waals surface area contributed by atoms with Gasteiger partial charge in [0, 0.05) is 18.9 Å². The van der Waals surface area contributed by atoms with Gasteiger partial charge >= 0.3 is 0 Å². The van der Waals surface area contributed by atoms with E-state index in [9.17, 15) is 0 Å². The van der Waals surface area contributed by atoms with Gasteiger partial charge < -0.3 is 9.88 Å². The second-order valence-corrected chi connectivity index (χ2v) is 4.62. The number of hydrogen-bond donors (Lipinski definition) is 1. The lowest BCUT2D eigenvalue weighted by Crippen LogP contribution is -2.13. The molecule has 1 heterocycles. The fourth-order valence-corrected chi connectivity index (χ4v) is 2.20. The first-order valence-electron chi connectivity index (χ1n) is 6.56. The van der Waals surface area contributed by atoms with Crippen LogP contribution in [0, 0.1) is 6.92 Å². The van der Waals surface area contributed by atoms with E-state index in [1.54, 1.807) is 0 Å². The summed E-state index contributed by atoms with van der Waals surface area (Å²) in [6.07, 6.45) is 4.99. The molecule has 1 atom stereocenters. The molecule has 0 aliphatic rings. The SMILES string of the molecule is CCCNc1nccn1C(C)c1ccccc1C. The Morgan fingerprint density at radius 3 is 2.83 bits per heavy atom. The molecule has 0 bridgehead atoms. The summed E-state index contributed by atoms with van der Waals surface area (Å²) in [5.41, 5.74) is 2.66. The number of anilines is 1. The number of rotatable bonds is 5. The number of aromatic nitrogens is 2. The van der Waals surface area contributed by atoms with E-state index >= 15 is 0 Å². The predicted octanol–water partition coefficient (Wildman–Crippen LogP) is 3.62. The summed E-state index contributed by atoms with van der Waals surface area (Å²) in [5.74, 6) is 0.951. The van der Waals surface area contributed by atoms with Crippen LogP contribution in [0.3, 0.4) is 0 Å². The van der Waals surface area contributed by atoms with Gasteiger partial charge in [0.2, 0.25) is 5.95 Å². The van der Waals surface area contributed by atoms with Crippen molar-refractivity contribution in [1.29, 1.82) is 0 Å². The molecule has 0 aliphatic carbocycles. The smallest absolute Gasteiger partial charge is 0.203 e. The van der Waals surface area contributed by atoms with Gasteiger partial charge in [0.25, 0.3) is 0 Å². The van der Waals surface area contributed by atoms with Gasteiger partial charge in [-0.15, -0.1) is 0 Å². The van der Waals surface area contributed by atoms with Crippen LogP contribution in [0.15, 0.2) is 36.7 Å². The molecule has 0 amide bonds.